The van der Waals surface area contributed by atoms with E-state index in [0.717, 1.165) is 30.7 Å². The maximum absolute atomic E-state index is 11.5. The van der Waals surface area contributed by atoms with Crippen molar-refractivity contribution >= 4 is 28.7 Å². The minimum Gasteiger partial charge on any atom is -0.354 e. The highest BCUT2D eigenvalue weighted by Crippen LogP contribution is 2.24. The van der Waals surface area contributed by atoms with E-state index in [4.69, 9.17) is 0 Å². The van der Waals surface area contributed by atoms with Crippen LogP contribution in [0.4, 0.5) is 11.8 Å². The van der Waals surface area contributed by atoms with Crippen molar-refractivity contribution in [3.05, 3.63) is 6.20 Å². The van der Waals surface area contributed by atoms with Crippen LogP contribution in [0.1, 0.15) is 19.8 Å². The first-order valence-electron chi connectivity index (χ1n) is 7.24. The van der Waals surface area contributed by atoms with Gasteiger partial charge in [0.25, 0.3) is 0 Å². The molecule has 0 radical (unpaired) electrons. The van der Waals surface area contributed by atoms with E-state index in [1.54, 1.807) is 6.20 Å². The van der Waals surface area contributed by atoms with Crippen molar-refractivity contribution < 1.29 is 4.79 Å². The second-order valence-electron chi connectivity index (χ2n) is 5.02. The van der Waals surface area contributed by atoms with Crippen LogP contribution in [0.2, 0.25) is 0 Å². The van der Waals surface area contributed by atoms with Crippen LogP contribution in [-0.4, -0.2) is 52.3 Å². The van der Waals surface area contributed by atoms with E-state index in [-0.39, 0.29) is 5.91 Å². The Bertz CT molecular complexity index is 638. The molecule has 21 heavy (non-hydrogen) atoms. The molecule has 0 bridgehead atoms. The molecule has 0 aliphatic carbocycles. The Kier molecular flexibility index (Phi) is 3.85. The standard InChI is InChI=1S/C13H19N7O/c1-2-4-15-13-17-11-9(8-16-19-11)12(18-13)20-6-3-10(21)14-5-7-20/h8H,2-7H2,1H3,(H,14,21)(H2,15,16,17,18,19). The third-order valence-corrected chi connectivity index (χ3v) is 3.43. The average molecular weight is 289 g/mol. The molecule has 1 amide bonds. The van der Waals surface area contributed by atoms with Gasteiger partial charge in [0.2, 0.25) is 11.9 Å². The molecule has 0 spiro atoms. The Balaban J connectivity index is 1.94. The molecule has 3 N–H and O–H groups in total. The van der Waals surface area contributed by atoms with Crippen molar-refractivity contribution in [2.24, 2.45) is 0 Å². The number of anilines is 2. The number of H-pyrrole nitrogens is 1. The van der Waals surface area contributed by atoms with E-state index in [1.165, 1.54) is 0 Å². The van der Waals surface area contributed by atoms with Crippen LogP contribution in [0.5, 0.6) is 0 Å². The molecule has 2 aromatic heterocycles. The van der Waals surface area contributed by atoms with E-state index in [0.29, 0.717) is 31.1 Å². The van der Waals surface area contributed by atoms with E-state index >= 15 is 0 Å². The highest BCUT2D eigenvalue weighted by atomic mass is 16.1. The second kappa shape index (κ2) is 5.94. The predicted molar refractivity (Wildman–Crippen MR) is 80.3 cm³/mol. The molecular weight excluding hydrogens is 270 g/mol. The second-order valence-corrected chi connectivity index (χ2v) is 5.02. The lowest BCUT2D eigenvalue weighted by molar-refractivity contribution is -0.120. The van der Waals surface area contributed by atoms with Crippen molar-refractivity contribution in [3.63, 3.8) is 0 Å². The fourth-order valence-electron chi connectivity index (χ4n) is 2.36. The van der Waals surface area contributed by atoms with E-state index in [1.807, 2.05) is 0 Å². The lowest BCUT2D eigenvalue weighted by Gasteiger charge is -2.21. The first kappa shape index (κ1) is 13.6. The van der Waals surface area contributed by atoms with Crippen molar-refractivity contribution in [2.45, 2.75) is 19.8 Å². The molecule has 1 fully saturated rings. The number of carbonyl (C=O) groups is 1. The number of amides is 1. The van der Waals surface area contributed by atoms with Crippen LogP contribution in [0.15, 0.2) is 6.20 Å². The Morgan fingerprint density at radius 1 is 1.38 bits per heavy atom. The number of hydrogen-bond acceptors (Lipinski definition) is 6. The summed E-state index contributed by atoms with van der Waals surface area (Å²) in [6, 6.07) is 0. The number of aromatic nitrogens is 4. The van der Waals surface area contributed by atoms with Gasteiger partial charge in [-0.25, -0.2) is 0 Å². The minimum atomic E-state index is 0.0827. The molecule has 8 nitrogen and oxygen atoms in total. The van der Waals surface area contributed by atoms with Gasteiger partial charge in [0.15, 0.2) is 5.65 Å². The van der Waals surface area contributed by atoms with Crippen molar-refractivity contribution in [1.29, 1.82) is 0 Å². The van der Waals surface area contributed by atoms with Gasteiger partial charge in [-0.2, -0.15) is 15.1 Å². The van der Waals surface area contributed by atoms with E-state index < -0.39 is 0 Å². The number of aromatic amines is 1. The Hall–Kier alpha value is -2.38. The molecule has 1 saturated heterocycles. The molecule has 0 saturated carbocycles. The fraction of sp³-hybridized carbons (Fsp3) is 0.538. The summed E-state index contributed by atoms with van der Waals surface area (Å²) in [5.41, 5.74) is 0.710. The number of rotatable bonds is 4. The fourth-order valence-corrected chi connectivity index (χ4v) is 2.36. The molecule has 8 heteroatoms. The van der Waals surface area contributed by atoms with Crippen LogP contribution >= 0.6 is 0 Å². The molecule has 0 atom stereocenters. The van der Waals surface area contributed by atoms with Gasteiger partial charge >= 0.3 is 0 Å². The molecule has 0 unspecified atom stereocenters. The zero-order valence-electron chi connectivity index (χ0n) is 12.0. The summed E-state index contributed by atoms with van der Waals surface area (Å²) in [7, 11) is 0. The number of carbonyl (C=O) groups excluding carboxylic acids is 1. The highest BCUT2D eigenvalue weighted by Gasteiger charge is 2.19. The van der Waals surface area contributed by atoms with Gasteiger partial charge in [0.1, 0.15) is 5.82 Å². The summed E-state index contributed by atoms with van der Waals surface area (Å²) in [4.78, 5) is 22.6. The number of nitrogens with zero attached hydrogens (tertiary/aromatic N) is 4. The van der Waals surface area contributed by atoms with Crippen molar-refractivity contribution in [2.75, 3.05) is 36.4 Å². The third kappa shape index (κ3) is 2.88. The Labute approximate surface area is 122 Å². The average Bonchev–Trinajstić information content (AvgIpc) is 2.86. The van der Waals surface area contributed by atoms with Gasteiger partial charge in [-0.15, -0.1) is 0 Å². The smallest absolute Gasteiger partial charge is 0.226 e. The zero-order chi connectivity index (χ0) is 14.7. The molecule has 1 aliphatic heterocycles. The van der Waals surface area contributed by atoms with Gasteiger partial charge in [0.05, 0.1) is 11.6 Å². The summed E-state index contributed by atoms with van der Waals surface area (Å²) in [5, 5.41) is 13.9. The van der Waals surface area contributed by atoms with Crippen LogP contribution < -0.4 is 15.5 Å². The molecule has 2 aromatic rings. The first-order valence-corrected chi connectivity index (χ1v) is 7.24. The zero-order valence-corrected chi connectivity index (χ0v) is 12.0. The Morgan fingerprint density at radius 3 is 3.14 bits per heavy atom. The van der Waals surface area contributed by atoms with Gasteiger partial charge in [-0.3, -0.25) is 9.89 Å². The summed E-state index contributed by atoms with van der Waals surface area (Å²) in [6.07, 6.45) is 3.21. The highest BCUT2D eigenvalue weighted by molar-refractivity contribution is 5.88. The van der Waals surface area contributed by atoms with Crippen molar-refractivity contribution in [1.82, 2.24) is 25.5 Å². The summed E-state index contributed by atoms with van der Waals surface area (Å²) < 4.78 is 0. The normalized spacial score (nSPS) is 15.9. The lowest BCUT2D eigenvalue weighted by atomic mass is 10.3. The van der Waals surface area contributed by atoms with Crippen LogP contribution in [0, 0.1) is 0 Å². The molecule has 3 heterocycles. The van der Waals surface area contributed by atoms with Gasteiger partial charge in [-0.1, -0.05) is 6.92 Å². The summed E-state index contributed by atoms with van der Waals surface area (Å²) in [5.74, 6) is 1.50. The van der Waals surface area contributed by atoms with Gasteiger partial charge < -0.3 is 15.5 Å². The van der Waals surface area contributed by atoms with E-state index in [9.17, 15) is 4.79 Å². The summed E-state index contributed by atoms with van der Waals surface area (Å²) in [6.45, 7) is 4.92. The molecule has 3 rings (SSSR count). The molecular formula is C13H19N7O. The number of fused-ring (bicyclic) bond motifs is 1. The summed E-state index contributed by atoms with van der Waals surface area (Å²) >= 11 is 0. The Morgan fingerprint density at radius 2 is 2.29 bits per heavy atom. The SMILES string of the molecule is CCCNc1nc(N2CCNC(=O)CC2)c2cn[nH]c2n1. The topological polar surface area (TPSA) is 98.8 Å². The van der Waals surface area contributed by atoms with Crippen LogP contribution in [0.3, 0.4) is 0 Å². The van der Waals surface area contributed by atoms with Crippen LogP contribution in [-0.2, 0) is 4.79 Å². The van der Waals surface area contributed by atoms with Crippen LogP contribution in [0.25, 0.3) is 11.0 Å². The molecule has 1 aliphatic rings. The first-order chi connectivity index (χ1) is 10.3. The predicted octanol–water partition coefficient (Wildman–Crippen LogP) is 0.501. The number of nitrogens with one attached hydrogen (secondary N) is 3. The van der Waals surface area contributed by atoms with Gasteiger partial charge in [-0.05, 0) is 6.42 Å². The van der Waals surface area contributed by atoms with Crippen molar-refractivity contribution in [3.8, 4) is 0 Å². The van der Waals surface area contributed by atoms with Gasteiger partial charge in [0, 0.05) is 32.6 Å². The largest absolute Gasteiger partial charge is 0.354 e. The maximum Gasteiger partial charge on any atom is 0.226 e. The monoisotopic (exact) mass is 289 g/mol. The molecule has 0 aromatic carbocycles. The molecule has 112 valence electrons. The third-order valence-electron chi connectivity index (χ3n) is 3.43. The van der Waals surface area contributed by atoms with E-state index in [2.05, 4.69) is 42.6 Å². The number of hydrogen-bond donors (Lipinski definition) is 3. The lowest BCUT2D eigenvalue weighted by Crippen LogP contribution is -2.29. The quantitative estimate of drug-likeness (QED) is 0.758. The minimum absolute atomic E-state index is 0.0827. The maximum atomic E-state index is 11.5.